The van der Waals surface area contributed by atoms with Crippen molar-refractivity contribution in [2.24, 2.45) is 0 Å². The highest BCUT2D eigenvalue weighted by molar-refractivity contribution is 8.18. The lowest BCUT2D eigenvalue weighted by atomic mass is 10.5. The zero-order chi connectivity index (χ0) is 15.4. The molecule has 20 heavy (non-hydrogen) atoms. The van der Waals surface area contributed by atoms with Gasteiger partial charge in [0.2, 0.25) is 10.2 Å². The number of carbonyl (C=O) groups excluding carboxylic acids is 3. The van der Waals surface area contributed by atoms with E-state index in [1.54, 1.807) is 11.8 Å². The van der Waals surface area contributed by atoms with Gasteiger partial charge in [0, 0.05) is 35.2 Å². The second kappa shape index (κ2) is 12.6. The third kappa shape index (κ3) is 11.7. The molecule has 3 nitrogen and oxygen atoms in total. The van der Waals surface area contributed by atoms with Crippen molar-refractivity contribution in [3.05, 3.63) is 25.3 Å². The van der Waals surface area contributed by atoms with E-state index in [1.165, 1.54) is 54.4 Å². The van der Waals surface area contributed by atoms with Crippen LogP contribution in [0.25, 0.3) is 0 Å². The molecule has 1 unspecified atom stereocenters. The highest BCUT2D eigenvalue weighted by Gasteiger charge is 2.14. The minimum absolute atomic E-state index is 0.0209. The standard InChI is InChI=1S/C13H18O3S4/c1-4-12(15)18-7-6-17-8-11(20-10(3)14)9-19-13(16)5-2/h4-5,11H,1-2,6-9H2,3H3. The van der Waals surface area contributed by atoms with Crippen LogP contribution in [0.2, 0.25) is 0 Å². The van der Waals surface area contributed by atoms with E-state index in [-0.39, 0.29) is 20.6 Å². The predicted octanol–water partition coefficient (Wildman–Crippen LogP) is 3.26. The fourth-order valence-corrected chi connectivity index (χ4v) is 4.97. The van der Waals surface area contributed by atoms with Gasteiger partial charge in [-0.3, -0.25) is 14.4 Å². The van der Waals surface area contributed by atoms with Gasteiger partial charge in [0.15, 0.2) is 5.12 Å². The van der Waals surface area contributed by atoms with E-state index in [0.717, 1.165) is 17.3 Å². The molecule has 1 atom stereocenters. The molecule has 7 heteroatoms. The van der Waals surface area contributed by atoms with Crippen molar-refractivity contribution in [1.82, 2.24) is 0 Å². The van der Waals surface area contributed by atoms with Gasteiger partial charge in [-0.2, -0.15) is 11.8 Å². The zero-order valence-electron chi connectivity index (χ0n) is 11.3. The molecule has 0 fully saturated rings. The van der Waals surface area contributed by atoms with Gasteiger partial charge < -0.3 is 0 Å². The van der Waals surface area contributed by atoms with Crippen molar-refractivity contribution in [2.45, 2.75) is 12.2 Å². The Kier molecular flexibility index (Phi) is 12.5. The van der Waals surface area contributed by atoms with E-state index in [9.17, 15) is 14.4 Å². The lowest BCUT2D eigenvalue weighted by molar-refractivity contribution is -0.109. The number of hydrogen-bond acceptors (Lipinski definition) is 7. The third-order valence-corrected chi connectivity index (χ3v) is 6.54. The monoisotopic (exact) mass is 350 g/mol. The highest BCUT2D eigenvalue weighted by atomic mass is 32.2. The molecular weight excluding hydrogens is 332 g/mol. The van der Waals surface area contributed by atoms with E-state index < -0.39 is 0 Å². The number of carbonyl (C=O) groups is 3. The Morgan fingerprint density at radius 1 is 1.00 bits per heavy atom. The van der Waals surface area contributed by atoms with Crippen molar-refractivity contribution >= 4 is 62.4 Å². The van der Waals surface area contributed by atoms with Gasteiger partial charge in [0.25, 0.3) is 0 Å². The second-order valence-corrected chi connectivity index (χ2v) is 8.26. The first-order valence-corrected chi connectivity index (χ1v) is 9.83. The molecule has 0 aromatic rings. The van der Waals surface area contributed by atoms with Crippen LogP contribution in [0.15, 0.2) is 25.3 Å². The summed E-state index contributed by atoms with van der Waals surface area (Å²) in [6.07, 6.45) is 2.59. The van der Waals surface area contributed by atoms with E-state index >= 15 is 0 Å². The van der Waals surface area contributed by atoms with Gasteiger partial charge in [0.05, 0.1) is 0 Å². The lowest BCUT2D eigenvalue weighted by Crippen LogP contribution is -2.14. The lowest BCUT2D eigenvalue weighted by Gasteiger charge is -2.13. The number of thioether (sulfide) groups is 4. The molecule has 0 bridgehead atoms. The maximum atomic E-state index is 11.2. The first kappa shape index (κ1) is 19.9. The van der Waals surface area contributed by atoms with E-state index in [0.29, 0.717) is 5.75 Å². The van der Waals surface area contributed by atoms with Gasteiger partial charge in [-0.25, -0.2) is 0 Å². The largest absolute Gasteiger partial charge is 0.288 e. The number of hydrogen-bond donors (Lipinski definition) is 0. The molecule has 0 rings (SSSR count). The van der Waals surface area contributed by atoms with Crippen LogP contribution < -0.4 is 0 Å². The van der Waals surface area contributed by atoms with Gasteiger partial charge in [-0.05, 0) is 12.2 Å². The summed E-state index contributed by atoms with van der Waals surface area (Å²) in [5, 5.41) is 0.0636. The fraction of sp³-hybridized carbons (Fsp3) is 0.462. The minimum Gasteiger partial charge on any atom is -0.288 e. The molecule has 0 aliphatic carbocycles. The topological polar surface area (TPSA) is 51.2 Å². The molecule has 0 N–H and O–H groups in total. The van der Waals surface area contributed by atoms with Gasteiger partial charge in [-0.15, -0.1) is 0 Å². The SMILES string of the molecule is C=CC(=O)SCCSCC(CSC(=O)C=C)SC(C)=O. The summed E-state index contributed by atoms with van der Waals surface area (Å²) in [7, 11) is 0. The van der Waals surface area contributed by atoms with Crippen LogP contribution in [-0.4, -0.2) is 43.6 Å². The molecule has 0 aliphatic heterocycles. The average molecular weight is 351 g/mol. The first-order valence-electron chi connectivity index (χ1n) is 5.83. The molecule has 0 saturated carbocycles. The summed E-state index contributed by atoms with van der Waals surface area (Å²) < 4.78 is 0. The van der Waals surface area contributed by atoms with Crippen LogP contribution in [-0.2, 0) is 14.4 Å². The fourth-order valence-electron chi connectivity index (χ4n) is 1.06. The smallest absolute Gasteiger partial charge is 0.211 e. The Morgan fingerprint density at radius 3 is 2.15 bits per heavy atom. The molecule has 0 heterocycles. The highest BCUT2D eigenvalue weighted by Crippen LogP contribution is 2.22. The zero-order valence-corrected chi connectivity index (χ0v) is 14.6. The first-order chi connectivity index (χ1) is 9.49. The van der Waals surface area contributed by atoms with Crippen LogP contribution >= 0.6 is 47.0 Å². The molecule has 0 spiro atoms. The second-order valence-electron chi connectivity index (χ2n) is 3.51. The molecule has 0 aromatic heterocycles. The summed E-state index contributed by atoms with van der Waals surface area (Å²) in [6, 6.07) is 0. The molecule has 0 saturated heterocycles. The molecule has 0 aliphatic rings. The van der Waals surface area contributed by atoms with Gasteiger partial charge >= 0.3 is 0 Å². The van der Waals surface area contributed by atoms with Crippen LogP contribution in [0.5, 0.6) is 0 Å². The quantitative estimate of drug-likeness (QED) is 0.443. The Morgan fingerprint density at radius 2 is 1.60 bits per heavy atom. The molecule has 0 amide bonds. The van der Waals surface area contributed by atoms with E-state index in [1.807, 2.05) is 0 Å². The molecule has 0 radical (unpaired) electrons. The normalized spacial score (nSPS) is 11.7. The maximum Gasteiger partial charge on any atom is 0.211 e. The van der Waals surface area contributed by atoms with Crippen LogP contribution in [0, 0.1) is 0 Å². The van der Waals surface area contributed by atoms with Crippen molar-refractivity contribution < 1.29 is 14.4 Å². The van der Waals surface area contributed by atoms with Crippen LogP contribution in [0.4, 0.5) is 0 Å². The van der Waals surface area contributed by atoms with Gasteiger partial charge in [-0.1, -0.05) is 48.4 Å². The summed E-state index contributed by atoms with van der Waals surface area (Å²) in [5.41, 5.74) is 0. The van der Waals surface area contributed by atoms with Crippen molar-refractivity contribution in [3.8, 4) is 0 Å². The van der Waals surface area contributed by atoms with Crippen molar-refractivity contribution in [3.63, 3.8) is 0 Å². The third-order valence-electron chi connectivity index (χ3n) is 1.85. The molecule has 112 valence electrons. The number of rotatable bonds is 10. The van der Waals surface area contributed by atoms with Crippen LogP contribution in [0.1, 0.15) is 6.92 Å². The Hall–Kier alpha value is -0.110. The molecule has 0 aromatic carbocycles. The van der Waals surface area contributed by atoms with E-state index in [2.05, 4.69) is 13.2 Å². The van der Waals surface area contributed by atoms with Gasteiger partial charge in [0.1, 0.15) is 0 Å². The van der Waals surface area contributed by atoms with E-state index in [4.69, 9.17) is 0 Å². The molecular formula is C13H18O3S4. The Balaban J connectivity index is 3.94. The summed E-state index contributed by atoms with van der Waals surface area (Å²) >= 11 is 5.37. The summed E-state index contributed by atoms with van der Waals surface area (Å²) in [5.74, 6) is 2.94. The van der Waals surface area contributed by atoms with Crippen molar-refractivity contribution in [2.75, 3.05) is 23.0 Å². The minimum atomic E-state index is -0.0729. The summed E-state index contributed by atoms with van der Waals surface area (Å²) in [6.45, 7) is 8.36. The maximum absolute atomic E-state index is 11.2. The average Bonchev–Trinajstić information content (AvgIpc) is 2.42. The Labute approximate surface area is 137 Å². The Bertz CT molecular complexity index is 369. The van der Waals surface area contributed by atoms with Crippen molar-refractivity contribution in [1.29, 1.82) is 0 Å². The van der Waals surface area contributed by atoms with Crippen LogP contribution in [0.3, 0.4) is 0 Å². The summed E-state index contributed by atoms with van der Waals surface area (Å²) in [4.78, 5) is 33.3. The predicted molar refractivity (Wildman–Crippen MR) is 94.7 cm³/mol.